The predicted octanol–water partition coefficient (Wildman–Crippen LogP) is 2.69. The Kier molecular flexibility index (Phi) is 6.28. The lowest BCUT2D eigenvalue weighted by Gasteiger charge is -2.26. The summed E-state index contributed by atoms with van der Waals surface area (Å²) in [5, 5.41) is 6.29. The van der Waals surface area contributed by atoms with Gasteiger partial charge in [0.2, 0.25) is 0 Å². The van der Waals surface area contributed by atoms with E-state index in [0.717, 1.165) is 28.9 Å². The molecule has 0 radical (unpaired) electrons. The molecule has 3 heterocycles. The van der Waals surface area contributed by atoms with E-state index in [1.807, 2.05) is 69.0 Å². The van der Waals surface area contributed by atoms with Crippen LogP contribution in [0.5, 0.6) is 5.75 Å². The third-order valence-corrected chi connectivity index (χ3v) is 4.78. The summed E-state index contributed by atoms with van der Waals surface area (Å²) in [6.07, 6.45) is 13.4. The van der Waals surface area contributed by atoms with Gasteiger partial charge in [-0.15, -0.1) is 0 Å². The maximum absolute atomic E-state index is 5.68. The van der Waals surface area contributed by atoms with Crippen molar-refractivity contribution in [1.82, 2.24) is 35.1 Å². The monoisotopic (exact) mass is 417 g/mol. The first-order valence-corrected chi connectivity index (χ1v) is 10.2. The van der Waals surface area contributed by atoms with E-state index in [-0.39, 0.29) is 0 Å². The molecule has 160 valence electrons. The predicted molar refractivity (Wildman–Crippen MR) is 121 cm³/mol. The quantitative estimate of drug-likeness (QED) is 0.604. The standard InChI is InChI=1S/C23H27N7O/c1-28(2)10-11-31-21-14-24-23(25-15-21)19-7-4-6-18(12-19)16-30-9-5-8-22(27-30)20-13-26-29(3)17-20/h4-9,12-15,17,27H,10-11,16H2,1-3H3. The van der Waals surface area contributed by atoms with Gasteiger partial charge in [-0.05, 0) is 37.9 Å². The second-order valence-corrected chi connectivity index (χ2v) is 7.66. The van der Waals surface area contributed by atoms with Gasteiger partial charge in [0, 0.05) is 37.1 Å². The summed E-state index contributed by atoms with van der Waals surface area (Å²) in [5.74, 6) is 1.36. The number of nitrogens with one attached hydrogen (secondary N) is 1. The maximum atomic E-state index is 5.68. The van der Waals surface area contributed by atoms with Gasteiger partial charge in [0.05, 0.1) is 30.8 Å². The zero-order chi connectivity index (χ0) is 21.6. The fraction of sp³-hybridized carbons (Fsp3) is 0.261. The van der Waals surface area contributed by atoms with Gasteiger partial charge < -0.3 is 9.64 Å². The summed E-state index contributed by atoms with van der Waals surface area (Å²) in [6.45, 7) is 2.16. The summed E-state index contributed by atoms with van der Waals surface area (Å²) in [6, 6.07) is 8.26. The first-order valence-electron chi connectivity index (χ1n) is 10.2. The molecule has 3 aromatic rings. The molecule has 0 amide bonds. The van der Waals surface area contributed by atoms with Gasteiger partial charge in [0.1, 0.15) is 6.61 Å². The number of benzene rings is 1. The average molecular weight is 418 g/mol. The van der Waals surface area contributed by atoms with E-state index in [1.54, 1.807) is 17.1 Å². The van der Waals surface area contributed by atoms with Gasteiger partial charge in [-0.3, -0.25) is 15.1 Å². The van der Waals surface area contributed by atoms with Gasteiger partial charge >= 0.3 is 0 Å². The lowest BCUT2D eigenvalue weighted by molar-refractivity contribution is 0.260. The first kappa shape index (κ1) is 20.6. The van der Waals surface area contributed by atoms with Crippen molar-refractivity contribution >= 4 is 5.70 Å². The molecule has 1 aliphatic heterocycles. The minimum Gasteiger partial charge on any atom is -0.489 e. The second kappa shape index (κ2) is 9.44. The third-order valence-electron chi connectivity index (χ3n) is 4.78. The van der Waals surface area contributed by atoms with Crippen molar-refractivity contribution in [2.24, 2.45) is 7.05 Å². The number of rotatable bonds is 8. The van der Waals surface area contributed by atoms with Crippen LogP contribution in [0, 0.1) is 0 Å². The Hall–Kier alpha value is -3.65. The zero-order valence-corrected chi connectivity index (χ0v) is 18.1. The van der Waals surface area contributed by atoms with Crippen LogP contribution in [0.1, 0.15) is 11.1 Å². The number of likely N-dealkylation sites (N-methyl/N-ethyl adjacent to an activating group) is 1. The minimum atomic E-state index is 0.608. The molecular weight excluding hydrogens is 390 g/mol. The number of allylic oxidation sites excluding steroid dienone is 2. The van der Waals surface area contributed by atoms with E-state index in [4.69, 9.17) is 4.74 Å². The minimum absolute atomic E-state index is 0.608. The Labute approximate surface area is 182 Å². The largest absolute Gasteiger partial charge is 0.489 e. The highest BCUT2D eigenvalue weighted by Gasteiger charge is 2.11. The highest BCUT2D eigenvalue weighted by Crippen LogP contribution is 2.20. The highest BCUT2D eigenvalue weighted by molar-refractivity contribution is 5.65. The molecule has 0 atom stereocenters. The molecule has 1 aliphatic rings. The summed E-state index contributed by atoms with van der Waals surface area (Å²) < 4.78 is 7.47. The van der Waals surface area contributed by atoms with E-state index in [1.165, 1.54) is 0 Å². The molecule has 31 heavy (non-hydrogen) atoms. The highest BCUT2D eigenvalue weighted by atomic mass is 16.5. The number of aromatic nitrogens is 4. The van der Waals surface area contributed by atoms with Gasteiger partial charge in [-0.25, -0.2) is 9.97 Å². The first-order chi connectivity index (χ1) is 15.1. The fourth-order valence-electron chi connectivity index (χ4n) is 3.18. The molecule has 0 saturated carbocycles. The summed E-state index contributed by atoms with van der Waals surface area (Å²) in [4.78, 5) is 11.0. The molecule has 8 nitrogen and oxygen atoms in total. The number of nitrogens with zero attached hydrogens (tertiary/aromatic N) is 6. The Balaban J connectivity index is 1.39. The zero-order valence-electron chi connectivity index (χ0n) is 18.1. The number of aryl methyl sites for hydroxylation is 1. The van der Waals surface area contributed by atoms with E-state index < -0.39 is 0 Å². The molecule has 2 aromatic heterocycles. The third kappa shape index (κ3) is 5.49. The van der Waals surface area contributed by atoms with Crippen molar-refractivity contribution in [3.05, 3.63) is 78.5 Å². The van der Waals surface area contributed by atoms with Crippen LogP contribution in [0.3, 0.4) is 0 Å². The van der Waals surface area contributed by atoms with Crippen LogP contribution in [0.25, 0.3) is 17.1 Å². The molecule has 0 spiro atoms. The van der Waals surface area contributed by atoms with Crippen LogP contribution in [-0.4, -0.2) is 56.9 Å². The molecule has 4 rings (SSSR count). The number of ether oxygens (including phenoxy) is 1. The van der Waals surface area contributed by atoms with Gasteiger partial charge in [-0.1, -0.05) is 18.2 Å². The van der Waals surface area contributed by atoms with Crippen molar-refractivity contribution in [3.8, 4) is 17.1 Å². The lowest BCUT2D eigenvalue weighted by atomic mass is 10.1. The lowest BCUT2D eigenvalue weighted by Crippen LogP contribution is -2.33. The van der Waals surface area contributed by atoms with Crippen LogP contribution in [0.2, 0.25) is 0 Å². The van der Waals surface area contributed by atoms with Crippen LogP contribution >= 0.6 is 0 Å². The fourth-order valence-corrected chi connectivity index (χ4v) is 3.18. The van der Waals surface area contributed by atoms with E-state index in [9.17, 15) is 0 Å². The van der Waals surface area contributed by atoms with Crippen molar-refractivity contribution in [1.29, 1.82) is 0 Å². The molecular formula is C23H27N7O. The molecule has 0 saturated heterocycles. The molecule has 1 aromatic carbocycles. The van der Waals surface area contributed by atoms with Crippen LogP contribution in [0.4, 0.5) is 0 Å². The van der Waals surface area contributed by atoms with Crippen molar-refractivity contribution < 1.29 is 4.74 Å². The molecule has 0 unspecified atom stereocenters. The number of hydrazine groups is 1. The van der Waals surface area contributed by atoms with Gasteiger partial charge in [0.25, 0.3) is 0 Å². The number of hydrogen-bond donors (Lipinski definition) is 1. The Bertz CT molecular complexity index is 1070. The number of hydrogen-bond acceptors (Lipinski definition) is 7. The summed E-state index contributed by atoms with van der Waals surface area (Å²) in [7, 11) is 5.94. The molecule has 0 fully saturated rings. The van der Waals surface area contributed by atoms with Crippen LogP contribution in [0.15, 0.2) is 67.4 Å². The Morgan fingerprint density at radius 2 is 1.94 bits per heavy atom. The van der Waals surface area contributed by atoms with Crippen molar-refractivity contribution in [2.45, 2.75) is 6.54 Å². The molecule has 0 aliphatic carbocycles. The normalized spacial score (nSPS) is 13.3. The van der Waals surface area contributed by atoms with E-state index in [0.29, 0.717) is 24.7 Å². The van der Waals surface area contributed by atoms with E-state index >= 15 is 0 Å². The molecule has 1 N–H and O–H groups in total. The second-order valence-electron chi connectivity index (χ2n) is 7.66. The SMILES string of the molecule is CN(C)CCOc1cnc(-c2cccc(CN3C=CC=C(c4cnn(C)c4)N3)c2)nc1. The molecule has 8 heteroatoms. The topological polar surface area (TPSA) is 71.3 Å². The Morgan fingerprint density at radius 1 is 1.10 bits per heavy atom. The van der Waals surface area contributed by atoms with Crippen molar-refractivity contribution in [2.75, 3.05) is 27.2 Å². The maximum Gasteiger partial charge on any atom is 0.159 e. The van der Waals surface area contributed by atoms with Gasteiger partial charge in [-0.2, -0.15) is 5.10 Å². The van der Waals surface area contributed by atoms with Crippen LogP contribution in [-0.2, 0) is 13.6 Å². The summed E-state index contributed by atoms with van der Waals surface area (Å²) >= 11 is 0. The molecule has 0 bridgehead atoms. The van der Waals surface area contributed by atoms with Crippen molar-refractivity contribution in [3.63, 3.8) is 0 Å². The smallest absolute Gasteiger partial charge is 0.159 e. The van der Waals surface area contributed by atoms with Crippen LogP contribution < -0.4 is 10.2 Å². The Morgan fingerprint density at radius 3 is 2.68 bits per heavy atom. The summed E-state index contributed by atoms with van der Waals surface area (Å²) in [5.41, 5.74) is 7.61. The average Bonchev–Trinajstić information content (AvgIpc) is 3.21. The van der Waals surface area contributed by atoms with Gasteiger partial charge in [0.15, 0.2) is 11.6 Å². The van der Waals surface area contributed by atoms with E-state index in [2.05, 4.69) is 37.5 Å².